The van der Waals surface area contributed by atoms with Crippen LogP contribution in [0, 0.1) is 0 Å². The summed E-state index contributed by atoms with van der Waals surface area (Å²) in [7, 11) is 0. The van der Waals surface area contributed by atoms with E-state index >= 15 is 0 Å². The molecule has 0 heterocycles. The smallest absolute Gasteiger partial charge is 0.0219 e. The Bertz CT molecular complexity index is 231. The van der Waals surface area contributed by atoms with Crippen molar-refractivity contribution in [1.29, 1.82) is 0 Å². The zero-order chi connectivity index (χ0) is 9.68. The highest BCUT2D eigenvalue weighted by molar-refractivity contribution is 5.24. The van der Waals surface area contributed by atoms with E-state index in [-0.39, 0.29) is 7.43 Å². The van der Waals surface area contributed by atoms with Crippen LogP contribution in [0.3, 0.4) is 0 Å². The Morgan fingerprint density at radius 1 is 1.07 bits per heavy atom. The van der Waals surface area contributed by atoms with Crippen LogP contribution in [0.5, 0.6) is 0 Å². The largest absolute Gasteiger partial charge is 0.0776 e. The minimum Gasteiger partial charge on any atom is -0.0776 e. The van der Waals surface area contributed by atoms with Crippen molar-refractivity contribution in [1.82, 2.24) is 0 Å². The van der Waals surface area contributed by atoms with E-state index in [9.17, 15) is 0 Å². The number of hydrogen-bond acceptors (Lipinski definition) is 0. The summed E-state index contributed by atoms with van der Waals surface area (Å²) < 4.78 is 0. The monoisotopic (exact) mass is 192 g/mol. The molecule has 0 aliphatic rings. The van der Waals surface area contributed by atoms with Crippen molar-refractivity contribution < 1.29 is 0 Å². The average molecular weight is 192 g/mol. The van der Waals surface area contributed by atoms with E-state index in [1.807, 2.05) is 0 Å². The van der Waals surface area contributed by atoms with Crippen LogP contribution in [0.15, 0.2) is 24.3 Å². The molecule has 1 rings (SSSR count). The lowest BCUT2D eigenvalue weighted by molar-refractivity contribution is 0.793. The Balaban J connectivity index is 0.00000169. The molecule has 0 fully saturated rings. The van der Waals surface area contributed by atoms with Gasteiger partial charge in [-0.2, -0.15) is 0 Å². The second kappa shape index (κ2) is 6.64. The zero-order valence-corrected chi connectivity index (χ0v) is 9.01. The first kappa shape index (κ1) is 13.2. The van der Waals surface area contributed by atoms with E-state index < -0.39 is 0 Å². The maximum atomic E-state index is 2.27. The van der Waals surface area contributed by atoms with Crippen LogP contribution in [0.1, 0.15) is 58.1 Å². The van der Waals surface area contributed by atoms with Gasteiger partial charge in [-0.15, -0.1) is 0 Å². The second-order valence-corrected chi connectivity index (χ2v) is 4.00. The van der Waals surface area contributed by atoms with E-state index in [2.05, 4.69) is 45.0 Å². The molecule has 0 N–H and O–H groups in total. The van der Waals surface area contributed by atoms with Crippen molar-refractivity contribution in [2.24, 2.45) is 0 Å². The summed E-state index contributed by atoms with van der Waals surface area (Å²) in [6, 6.07) is 9.06. The Morgan fingerprint density at radius 2 is 1.64 bits per heavy atom. The van der Waals surface area contributed by atoms with Crippen molar-refractivity contribution in [3.05, 3.63) is 35.4 Å². The van der Waals surface area contributed by atoms with Gasteiger partial charge < -0.3 is 0 Å². The first-order valence-electron chi connectivity index (χ1n) is 5.33. The fourth-order valence-corrected chi connectivity index (χ4v) is 1.45. The fraction of sp³-hybridized carbons (Fsp3) is 0.571. The van der Waals surface area contributed by atoms with Crippen LogP contribution in [0.2, 0.25) is 0 Å². The molecule has 14 heavy (non-hydrogen) atoms. The molecule has 1 aromatic rings. The molecule has 0 saturated heterocycles. The van der Waals surface area contributed by atoms with Crippen molar-refractivity contribution in [3.8, 4) is 0 Å². The second-order valence-electron chi connectivity index (χ2n) is 4.00. The summed E-state index contributed by atoms with van der Waals surface area (Å²) in [6.07, 6.45) is 3.82. The van der Waals surface area contributed by atoms with Gasteiger partial charge in [-0.1, -0.05) is 58.9 Å². The number of rotatable bonds is 4. The highest BCUT2D eigenvalue weighted by Gasteiger charge is 1.98. The van der Waals surface area contributed by atoms with Crippen molar-refractivity contribution in [2.75, 3.05) is 0 Å². The van der Waals surface area contributed by atoms with Crippen molar-refractivity contribution in [3.63, 3.8) is 0 Å². The van der Waals surface area contributed by atoms with E-state index in [4.69, 9.17) is 0 Å². The van der Waals surface area contributed by atoms with Gasteiger partial charge in [-0.05, 0) is 29.9 Å². The maximum Gasteiger partial charge on any atom is -0.0219 e. The molecule has 0 amide bonds. The Labute approximate surface area is 89.4 Å². The molecule has 0 nitrogen and oxygen atoms in total. The summed E-state index contributed by atoms with van der Waals surface area (Å²) in [6.45, 7) is 6.71. The van der Waals surface area contributed by atoms with Crippen LogP contribution in [-0.2, 0) is 6.42 Å². The van der Waals surface area contributed by atoms with Gasteiger partial charge in [-0.3, -0.25) is 0 Å². The third kappa shape index (κ3) is 3.95. The molecule has 0 radical (unpaired) electrons. The molecule has 0 atom stereocenters. The normalized spacial score (nSPS) is 10.0. The topological polar surface area (TPSA) is 0 Å². The standard InChI is InChI=1S/C13H20.CH4/c1-4-5-6-12-7-9-13(10-8-12)11(2)3;/h7-11H,4-6H2,1-3H3;1H4. The molecular formula is C14H24. The van der Waals surface area contributed by atoms with Crippen LogP contribution in [-0.4, -0.2) is 0 Å². The highest BCUT2D eigenvalue weighted by atomic mass is 14.0. The zero-order valence-electron chi connectivity index (χ0n) is 9.01. The molecule has 0 bridgehead atoms. The first-order chi connectivity index (χ1) is 6.24. The van der Waals surface area contributed by atoms with Crippen LogP contribution < -0.4 is 0 Å². The van der Waals surface area contributed by atoms with Gasteiger partial charge in [0, 0.05) is 0 Å². The first-order valence-corrected chi connectivity index (χ1v) is 5.33. The lowest BCUT2D eigenvalue weighted by Crippen LogP contribution is -1.89. The molecule has 0 aliphatic heterocycles. The predicted octanol–water partition coefficient (Wildman–Crippen LogP) is 4.79. The Hall–Kier alpha value is -0.780. The van der Waals surface area contributed by atoms with E-state index in [1.165, 1.54) is 30.4 Å². The molecule has 0 heteroatoms. The molecule has 80 valence electrons. The molecule has 1 aromatic carbocycles. The molecular weight excluding hydrogens is 168 g/mol. The summed E-state index contributed by atoms with van der Waals surface area (Å²) in [5.74, 6) is 0.653. The SMILES string of the molecule is C.CCCCc1ccc(C(C)C)cc1. The summed E-state index contributed by atoms with van der Waals surface area (Å²) in [5.41, 5.74) is 2.92. The molecule has 0 aromatic heterocycles. The average Bonchev–Trinajstić information content (AvgIpc) is 2.15. The van der Waals surface area contributed by atoms with Crippen molar-refractivity contribution in [2.45, 2.75) is 53.4 Å². The minimum absolute atomic E-state index is 0. The maximum absolute atomic E-state index is 2.27. The predicted molar refractivity (Wildman–Crippen MR) is 65.9 cm³/mol. The highest BCUT2D eigenvalue weighted by Crippen LogP contribution is 2.15. The van der Waals surface area contributed by atoms with Crippen molar-refractivity contribution >= 4 is 0 Å². The Kier molecular flexibility index (Phi) is 6.27. The van der Waals surface area contributed by atoms with Gasteiger partial charge in [0.05, 0.1) is 0 Å². The Morgan fingerprint density at radius 3 is 2.07 bits per heavy atom. The van der Waals surface area contributed by atoms with E-state index in [0.717, 1.165) is 0 Å². The lowest BCUT2D eigenvalue weighted by atomic mass is 10.00. The third-order valence-corrected chi connectivity index (χ3v) is 2.47. The number of aryl methyl sites for hydroxylation is 1. The van der Waals surface area contributed by atoms with Gasteiger partial charge in [0.2, 0.25) is 0 Å². The number of benzene rings is 1. The van der Waals surface area contributed by atoms with Gasteiger partial charge in [0.25, 0.3) is 0 Å². The van der Waals surface area contributed by atoms with Gasteiger partial charge in [-0.25, -0.2) is 0 Å². The third-order valence-electron chi connectivity index (χ3n) is 2.47. The fourth-order valence-electron chi connectivity index (χ4n) is 1.45. The van der Waals surface area contributed by atoms with Crippen LogP contribution in [0.4, 0.5) is 0 Å². The summed E-state index contributed by atoms with van der Waals surface area (Å²) in [4.78, 5) is 0. The number of hydrogen-bond donors (Lipinski definition) is 0. The summed E-state index contributed by atoms with van der Waals surface area (Å²) in [5, 5.41) is 0. The van der Waals surface area contributed by atoms with E-state index in [1.54, 1.807) is 0 Å². The minimum atomic E-state index is 0. The number of unbranched alkanes of at least 4 members (excludes halogenated alkanes) is 1. The summed E-state index contributed by atoms with van der Waals surface area (Å²) >= 11 is 0. The molecule has 0 saturated carbocycles. The molecule has 0 unspecified atom stereocenters. The molecule has 0 spiro atoms. The van der Waals surface area contributed by atoms with Crippen LogP contribution in [0.25, 0.3) is 0 Å². The van der Waals surface area contributed by atoms with Gasteiger partial charge in [0.15, 0.2) is 0 Å². The lowest BCUT2D eigenvalue weighted by Gasteiger charge is -2.06. The van der Waals surface area contributed by atoms with Gasteiger partial charge in [0.1, 0.15) is 0 Å². The van der Waals surface area contributed by atoms with E-state index in [0.29, 0.717) is 5.92 Å². The van der Waals surface area contributed by atoms with Gasteiger partial charge >= 0.3 is 0 Å². The quantitative estimate of drug-likeness (QED) is 0.643. The van der Waals surface area contributed by atoms with Crippen LogP contribution >= 0.6 is 0 Å². The molecule has 0 aliphatic carbocycles.